The Balaban J connectivity index is 1.68. The number of methoxy groups -OCH3 is 1. The zero-order chi connectivity index (χ0) is 22.9. The van der Waals surface area contributed by atoms with E-state index in [1.165, 1.54) is 20.0 Å². The van der Waals surface area contributed by atoms with Crippen LogP contribution in [0.25, 0.3) is 5.69 Å². The lowest BCUT2D eigenvalue weighted by molar-refractivity contribution is -0.140. The minimum atomic E-state index is -0.399. The molecule has 1 atom stereocenters. The Hall–Kier alpha value is -2.35. The van der Waals surface area contributed by atoms with Crippen molar-refractivity contribution < 1.29 is 9.53 Å². The highest BCUT2D eigenvalue weighted by Crippen LogP contribution is 2.39. The molecule has 2 aromatic carbocycles. The lowest BCUT2D eigenvalue weighted by atomic mass is 10.00. The molecule has 0 unspecified atom stereocenters. The van der Waals surface area contributed by atoms with E-state index in [1.54, 1.807) is 11.8 Å². The number of ether oxygens (including phenoxy) is 1. The van der Waals surface area contributed by atoms with Crippen LogP contribution in [0.2, 0.25) is 10.0 Å². The summed E-state index contributed by atoms with van der Waals surface area (Å²) in [5.74, 6) is 2.15. The standard InChI is InChI=1S/C24H22Cl2N4O2S/c1-32-21(31)11-9-19-23-28-29-24(33-13-14-6-7-14)30(23)20-10-8-15(25)12-17(20)22(27-19)16-4-2-3-5-18(16)26/h2-5,8,10,12,14,19H,6-7,9,11,13H2,1H3/t19-/m0/s1. The molecule has 1 fully saturated rings. The zero-order valence-electron chi connectivity index (χ0n) is 18.0. The van der Waals surface area contributed by atoms with E-state index >= 15 is 0 Å². The molecule has 0 N–H and O–H groups in total. The van der Waals surface area contributed by atoms with Crippen molar-refractivity contribution in [3.05, 3.63) is 69.5 Å². The van der Waals surface area contributed by atoms with Gasteiger partial charge in [-0.25, -0.2) is 0 Å². The van der Waals surface area contributed by atoms with E-state index < -0.39 is 6.04 Å². The normalized spacial score (nSPS) is 17.1. The van der Waals surface area contributed by atoms with E-state index in [0.717, 1.165) is 39.4 Å². The number of carbonyl (C=O) groups excluding carboxylic acids is 1. The maximum atomic E-state index is 12.0. The van der Waals surface area contributed by atoms with Crippen LogP contribution in [-0.4, -0.2) is 39.3 Å². The summed E-state index contributed by atoms with van der Waals surface area (Å²) in [6, 6.07) is 12.9. The third-order valence-corrected chi connectivity index (χ3v) is 7.54. The molecule has 0 amide bonds. The quantitative estimate of drug-likeness (QED) is 0.297. The molecule has 0 radical (unpaired) electrons. The second-order valence-corrected chi connectivity index (χ2v) is 10.0. The Morgan fingerprint density at radius 2 is 1.97 bits per heavy atom. The lowest BCUT2D eigenvalue weighted by Gasteiger charge is -2.14. The van der Waals surface area contributed by atoms with E-state index in [9.17, 15) is 4.79 Å². The van der Waals surface area contributed by atoms with Crippen LogP contribution in [0.15, 0.2) is 52.6 Å². The first-order valence-electron chi connectivity index (χ1n) is 10.8. The maximum absolute atomic E-state index is 12.0. The maximum Gasteiger partial charge on any atom is 0.305 e. The van der Waals surface area contributed by atoms with Crippen molar-refractivity contribution in [3.8, 4) is 5.69 Å². The molecule has 6 nitrogen and oxygen atoms in total. The van der Waals surface area contributed by atoms with Gasteiger partial charge in [0.15, 0.2) is 11.0 Å². The molecular formula is C24H22Cl2N4O2S. The summed E-state index contributed by atoms with van der Waals surface area (Å²) in [7, 11) is 1.39. The number of hydrogen-bond donors (Lipinski definition) is 0. The lowest BCUT2D eigenvalue weighted by Crippen LogP contribution is -2.09. The number of esters is 1. The molecular weight excluding hydrogens is 479 g/mol. The molecule has 33 heavy (non-hydrogen) atoms. The SMILES string of the molecule is COC(=O)CC[C@@H]1N=C(c2ccccc2Cl)c2cc(Cl)ccc2-n2c(SCC3CC3)nnc21. The van der Waals surface area contributed by atoms with Crippen molar-refractivity contribution >= 4 is 46.6 Å². The van der Waals surface area contributed by atoms with Gasteiger partial charge in [0.05, 0.1) is 18.5 Å². The number of rotatable bonds is 7. The molecule has 1 aliphatic carbocycles. The Morgan fingerprint density at radius 1 is 1.15 bits per heavy atom. The number of benzene rings is 2. The molecule has 2 heterocycles. The zero-order valence-corrected chi connectivity index (χ0v) is 20.3. The average Bonchev–Trinajstić information content (AvgIpc) is 3.58. The number of halogens is 2. The van der Waals surface area contributed by atoms with Crippen molar-refractivity contribution in [2.24, 2.45) is 10.9 Å². The van der Waals surface area contributed by atoms with Crippen molar-refractivity contribution in [2.75, 3.05) is 12.9 Å². The van der Waals surface area contributed by atoms with Crippen molar-refractivity contribution in [1.82, 2.24) is 14.8 Å². The Kier molecular flexibility index (Phi) is 6.45. The predicted molar refractivity (Wildman–Crippen MR) is 131 cm³/mol. The van der Waals surface area contributed by atoms with Crippen LogP contribution in [0.4, 0.5) is 0 Å². The topological polar surface area (TPSA) is 69.4 Å². The number of hydrogen-bond acceptors (Lipinski definition) is 6. The monoisotopic (exact) mass is 500 g/mol. The number of fused-ring (bicyclic) bond motifs is 3. The van der Waals surface area contributed by atoms with Gasteiger partial charge in [-0.15, -0.1) is 10.2 Å². The predicted octanol–water partition coefficient (Wildman–Crippen LogP) is 5.92. The minimum Gasteiger partial charge on any atom is -0.469 e. The Morgan fingerprint density at radius 3 is 2.73 bits per heavy atom. The largest absolute Gasteiger partial charge is 0.469 e. The minimum absolute atomic E-state index is 0.217. The number of aliphatic imine (C=N–C) groups is 1. The third-order valence-electron chi connectivity index (χ3n) is 5.82. The Labute approximate surface area is 206 Å². The van der Waals surface area contributed by atoms with E-state index in [4.69, 9.17) is 32.9 Å². The molecule has 0 spiro atoms. The summed E-state index contributed by atoms with van der Waals surface area (Å²) in [5.41, 5.74) is 3.27. The van der Waals surface area contributed by atoms with Gasteiger partial charge in [0.2, 0.25) is 0 Å². The van der Waals surface area contributed by atoms with Crippen LogP contribution >= 0.6 is 35.0 Å². The van der Waals surface area contributed by atoms with Crippen molar-refractivity contribution in [2.45, 2.75) is 36.9 Å². The summed E-state index contributed by atoms with van der Waals surface area (Å²) >= 11 is 14.7. The van der Waals surface area contributed by atoms with Gasteiger partial charge in [-0.1, -0.05) is 53.2 Å². The number of carbonyl (C=O) groups is 1. The summed E-state index contributed by atoms with van der Waals surface area (Å²) in [6.07, 6.45) is 3.19. The van der Waals surface area contributed by atoms with Gasteiger partial charge >= 0.3 is 5.97 Å². The van der Waals surface area contributed by atoms with E-state index in [-0.39, 0.29) is 12.4 Å². The molecule has 1 saturated carbocycles. The fourth-order valence-corrected chi connectivity index (χ4v) is 5.42. The summed E-state index contributed by atoms with van der Waals surface area (Å²) in [6.45, 7) is 0. The number of aromatic nitrogens is 3. The first-order valence-corrected chi connectivity index (χ1v) is 12.6. The summed E-state index contributed by atoms with van der Waals surface area (Å²) in [5, 5.41) is 11.1. The molecule has 2 aliphatic rings. The van der Waals surface area contributed by atoms with E-state index in [0.29, 0.717) is 22.3 Å². The number of thioether (sulfide) groups is 1. The van der Waals surface area contributed by atoms with Gasteiger partial charge < -0.3 is 4.74 Å². The van der Waals surface area contributed by atoms with Gasteiger partial charge in [0.25, 0.3) is 0 Å². The first kappa shape index (κ1) is 22.4. The second-order valence-electron chi connectivity index (χ2n) is 8.18. The highest BCUT2D eigenvalue weighted by Gasteiger charge is 2.31. The van der Waals surface area contributed by atoms with Gasteiger partial charge in [0, 0.05) is 33.3 Å². The van der Waals surface area contributed by atoms with Gasteiger partial charge in [0.1, 0.15) is 6.04 Å². The van der Waals surface area contributed by atoms with Crippen LogP contribution in [-0.2, 0) is 9.53 Å². The summed E-state index contributed by atoms with van der Waals surface area (Å²) in [4.78, 5) is 17.0. The third kappa shape index (κ3) is 4.67. The van der Waals surface area contributed by atoms with Crippen molar-refractivity contribution in [1.29, 1.82) is 0 Å². The van der Waals surface area contributed by atoms with Gasteiger partial charge in [-0.3, -0.25) is 14.4 Å². The smallest absolute Gasteiger partial charge is 0.305 e. The molecule has 3 aromatic rings. The van der Waals surface area contributed by atoms with Crippen LogP contribution in [0, 0.1) is 5.92 Å². The molecule has 170 valence electrons. The van der Waals surface area contributed by atoms with E-state index in [2.05, 4.69) is 14.8 Å². The number of nitrogens with zero attached hydrogens (tertiary/aromatic N) is 4. The molecule has 9 heteroatoms. The second kappa shape index (κ2) is 9.49. The average molecular weight is 501 g/mol. The van der Waals surface area contributed by atoms with Crippen LogP contribution < -0.4 is 0 Å². The fraction of sp³-hybridized carbons (Fsp3) is 0.333. The highest BCUT2D eigenvalue weighted by molar-refractivity contribution is 7.99. The van der Waals surface area contributed by atoms with Gasteiger partial charge in [-0.05, 0) is 49.4 Å². The van der Waals surface area contributed by atoms with Gasteiger partial charge in [-0.2, -0.15) is 0 Å². The Bertz CT molecular complexity index is 1240. The molecule has 1 aromatic heterocycles. The van der Waals surface area contributed by atoms with Crippen molar-refractivity contribution in [3.63, 3.8) is 0 Å². The van der Waals surface area contributed by atoms with E-state index in [1.807, 2.05) is 42.5 Å². The van der Waals surface area contributed by atoms with Crippen LogP contribution in [0.5, 0.6) is 0 Å². The molecule has 0 bridgehead atoms. The van der Waals surface area contributed by atoms with Crippen LogP contribution in [0.3, 0.4) is 0 Å². The molecule has 0 saturated heterocycles. The summed E-state index contributed by atoms with van der Waals surface area (Å²) < 4.78 is 6.94. The highest BCUT2D eigenvalue weighted by atomic mass is 35.5. The van der Waals surface area contributed by atoms with Crippen LogP contribution in [0.1, 0.15) is 48.7 Å². The molecule has 5 rings (SSSR count). The first-order chi connectivity index (χ1) is 16.0. The fourth-order valence-electron chi connectivity index (χ4n) is 3.89. The molecule has 1 aliphatic heterocycles.